The van der Waals surface area contributed by atoms with Crippen molar-refractivity contribution in [3.63, 3.8) is 0 Å². The van der Waals surface area contributed by atoms with Crippen LogP contribution < -0.4 is 10.6 Å². The van der Waals surface area contributed by atoms with E-state index in [-0.39, 0.29) is 19.6 Å². The Morgan fingerprint density at radius 2 is 2.00 bits per heavy atom. The number of carboxylic acids is 1. The maximum atomic E-state index is 12.7. The SMILES string of the molecule is CCOC(=O)N=S(C)(=O)c1ccc(Nc2ncc(-c3cccs3)c(NCCC(=O)O)n2)cc1. The Labute approximate surface area is 195 Å². The molecular formula is C21H23N5O5S2. The lowest BCUT2D eigenvalue weighted by Gasteiger charge is -2.12. The summed E-state index contributed by atoms with van der Waals surface area (Å²) in [6.45, 7) is 2.01. The molecule has 12 heteroatoms. The van der Waals surface area contributed by atoms with Gasteiger partial charge in [0.15, 0.2) is 0 Å². The highest BCUT2D eigenvalue weighted by molar-refractivity contribution is 7.93. The molecule has 1 aromatic carbocycles. The van der Waals surface area contributed by atoms with Crippen molar-refractivity contribution >= 4 is 50.6 Å². The zero-order valence-electron chi connectivity index (χ0n) is 18.0. The van der Waals surface area contributed by atoms with Gasteiger partial charge < -0.3 is 20.5 Å². The van der Waals surface area contributed by atoms with E-state index >= 15 is 0 Å². The van der Waals surface area contributed by atoms with E-state index < -0.39 is 21.8 Å². The highest BCUT2D eigenvalue weighted by atomic mass is 32.2. The molecule has 0 radical (unpaired) electrons. The predicted molar refractivity (Wildman–Crippen MR) is 128 cm³/mol. The van der Waals surface area contributed by atoms with Crippen molar-refractivity contribution in [3.05, 3.63) is 48.0 Å². The van der Waals surface area contributed by atoms with Crippen molar-refractivity contribution in [2.75, 3.05) is 30.0 Å². The van der Waals surface area contributed by atoms with Crippen LogP contribution in [0.25, 0.3) is 10.4 Å². The Hall–Kier alpha value is -3.51. The number of nitrogens with zero attached hydrogens (tertiary/aromatic N) is 3. The number of ether oxygens (including phenoxy) is 1. The molecule has 0 fully saturated rings. The minimum atomic E-state index is -2.94. The molecule has 0 saturated carbocycles. The first-order valence-electron chi connectivity index (χ1n) is 9.91. The normalized spacial score (nSPS) is 12.4. The van der Waals surface area contributed by atoms with Crippen molar-refractivity contribution in [3.8, 4) is 10.4 Å². The van der Waals surface area contributed by atoms with Gasteiger partial charge in [-0.3, -0.25) is 4.79 Å². The van der Waals surface area contributed by atoms with E-state index in [9.17, 15) is 13.8 Å². The van der Waals surface area contributed by atoms with Gasteiger partial charge in [-0.2, -0.15) is 4.98 Å². The molecule has 3 rings (SSSR count). The largest absolute Gasteiger partial charge is 0.481 e. The number of hydrogen-bond donors (Lipinski definition) is 3. The van der Waals surface area contributed by atoms with E-state index in [0.717, 1.165) is 10.4 Å². The van der Waals surface area contributed by atoms with Crippen molar-refractivity contribution in [1.82, 2.24) is 9.97 Å². The van der Waals surface area contributed by atoms with E-state index in [0.29, 0.717) is 22.3 Å². The molecule has 2 aromatic heterocycles. The fourth-order valence-electron chi connectivity index (χ4n) is 2.74. The standard InChI is InChI=1S/C21H23N5O5S2/c1-3-31-21(29)26-33(2,30)15-8-6-14(7-9-15)24-20-23-13-16(17-5-4-12-32-17)19(25-20)22-11-10-18(27)28/h4-9,12-13H,3,10-11H2,1-2H3,(H,27,28)(H2,22,23,24,25). The van der Waals surface area contributed by atoms with Crippen LogP contribution in [0.3, 0.4) is 0 Å². The first-order chi connectivity index (χ1) is 15.8. The third-order valence-electron chi connectivity index (χ3n) is 4.27. The Balaban J connectivity index is 1.80. The van der Waals surface area contributed by atoms with Gasteiger partial charge in [-0.25, -0.2) is 14.0 Å². The second kappa shape index (κ2) is 10.9. The number of hydrogen-bond acceptors (Lipinski definition) is 9. The molecule has 3 N–H and O–H groups in total. The van der Waals surface area contributed by atoms with Crippen LogP contribution in [0.2, 0.25) is 0 Å². The minimum Gasteiger partial charge on any atom is -0.481 e. The summed E-state index contributed by atoms with van der Waals surface area (Å²) in [5, 5.41) is 17.0. The number of carboxylic acid groups (broad SMARTS) is 1. The van der Waals surface area contributed by atoms with Gasteiger partial charge in [0.2, 0.25) is 5.95 Å². The molecule has 0 aliphatic carbocycles. The lowest BCUT2D eigenvalue weighted by molar-refractivity contribution is -0.136. The van der Waals surface area contributed by atoms with Crippen LogP contribution in [0.1, 0.15) is 13.3 Å². The first-order valence-corrected chi connectivity index (χ1v) is 12.7. The zero-order valence-corrected chi connectivity index (χ0v) is 19.6. The van der Waals surface area contributed by atoms with Gasteiger partial charge in [0.25, 0.3) is 0 Å². The Morgan fingerprint density at radius 3 is 2.64 bits per heavy atom. The van der Waals surface area contributed by atoms with E-state index in [1.807, 2.05) is 17.5 Å². The monoisotopic (exact) mass is 489 g/mol. The van der Waals surface area contributed by atoms with Crippen LogP contribution in [0.5, 0.6) is 0 Å². The third-order valence-corrected chi connectivity index (χ3v) is 6.82. The number of amides is 1. The van der Waals surface area contributed by atoms with Gasteiger partial charge in [-0.1, -0.05) is 6.07 Å². The van der Waals surface area contributed by atoms with E-state index in [4.69, 9.17) is 9.84 Å². The fraction of sp³-hybridized carbons (Fsp3) is 0.238. The van der Waals surface area contributed by atoms with Gasteiger partial charge in [0.1, 0.15) is 5.82 Å². The van der Waals surface area contributed by atoms with Crippen LogP contribution in [-0.2, 0) is 19.3 Å². The molecule has 174 valence electrons. The summed E-state index contributed by atoms with van der Waals surface area (Å²) in [7, 11) is -2.94. The molecule has 0 bridgehead atoms. The molecular weight excluding hydrogens is 466 g/mol. The number of nitrogens with one attached hydrogen (secondary N) is 2. The third kappa shape index (κ3) is 6.73. The molecule has 10 nitrogen and oxygen atoms in total. The summed E-state index contributed by atoms with van der Waals surface area (Å²) in [6, 6.07) is 10.4. The Kier molecular flexibility index (Phi) is 7.96. The van der Waals surface area contributed by atoms with Crippen LogP contribution >= 0.6 is 11.3 Å². The van der Waals surface area contributed by atoms with Crippen LogP contribution in [0.15, 0.2) is 57.2 Å². The Morgan fingerprint density at radius 1 is 1.24 bits per heavy atom. The second-order valence-electron chi connectivity index (χ2n) is 6.75. The molecule has 1 atom stereocenters. The number of carbonyl (C=O) groups excluding carboxylic acids is 1. The fourth-order valence-corrected chi connectivity index (χ4v) is 4.56. The zero-order chi connectivity index (χ0) is 23.8. The summed E-state index contributed by atoms with van der Waals surface area (Å²) in [6.07, 6.45) is 2.11. The van der Waals surface area contributed by atoms with Gasteiger partial charge in [0, 0.05) is 34.5 Å². The average Bonchev–Trinajstić information content (AvgIpc) is 3.28. The van der Waals surface area contributed by atoms with E-state index in [1.165, 1.54) is 17.6 Å². The number of carbonyl (C=O) groups is 2. The summed E-state index contributed by atoms with van der Waals surface area (Å²) < 4.78 is 21.1. The molecule has 0 spiro atoms. The lowest BCUT2D eigenvalue weighted by atomic mass is 10.2. The smallest absolute Gasteiger partial charge is 0.442 e. The lowest BCUT2D eigenvalue weighted by Crippen LogP contribution is -2.10. The van der Waals surface area contributed by atoms with Crippen molar-refractivity contribution in [2.24, 2.45) is 4.36 Å². The molecule has 1 amide bonds. The highest BCUT2D eigenvalue weighted by Crippen LogP contribution is 2.31. The predicted octanol–water partition coefficient (Wildman–Crippen LogP) is 4.45. The first kappa shape index (κ1) is 24.1. The number of aromatic nitrogens is 2. The van der Waals surface area contributed by atoms with Gasteiger partial charge in [-0.05, 0) is 42.6 Å². The van der Waals surface area contributed by atoms with Gasteiger partial charge in [-0.15, -0.1) is 15.7 Å². The van der Waals surface area contributed by atoms with Gasteiger partial charge >= 0.3 is 12.1 Å². The molecule has 2 heterocycles. The summed E-state index contributed by atoms with van der Waals surface area (Å²) in [5.41, 5.74) is 1.40. The molecule has 33 heavy (non-hydrogen) atoms. The number of rotatable bonds is 9. The maximum absolute atomic E-state index is 12.7. The molecule has 3 aromatic rings. The van der Waals surface area contributed by atoms with Crippen molar-refractivity contribution in [2.45, 2.75) is 18.2 Å². The molecule has 0 aliphatic heterocycles. The number of anilines is 3. The van der Waals surface area contributed by atoms with Crippen molar-refractivity contribution < 1.29 is 23.6 Å². The van der Waals surface area contributed by atoms with Crippen molar-refractivity contribution in [1.29, 1.82) is 0 Å². The summed E-state index contributed by atoms with van der Waals surface area (Å²) in [5.74, 6) is -0.0955. The van der Waals surface area contributed by atoms with Gasteiger partial charge in [0.05, 0.1) is 28.3 Å². The molecule has 0 aliphatic rings. The Bertz CT molecular complexity index is 1240. The van der Waals surface area contributed by atoms with E-state index in [1.54, 1.807) is 37.4 Å². The van der Waals surface area contributed by atoms with Crippen LogP contribution in [0, 0.1) is 0 Å². The molecule has 1 unspecified atom stereocenters. The van der Waals surface area contributed by atoms with Crippen LogP contribution in [0.4, 0.5) is 22.2 Å². The summed E-state index contributed by atoms with van der Waals surface area (Å²) >= 11 is 1.52. The van der Waals surface area contributed by atoms with Crippen LogP contribution in [-0.4, -0.2) is 50.8 Å². The topological polar surface area (TPSA) is 143 Å². The minimum absolute atomic E-state index is 0.0503. The molecule has 0 saturated heterocycles. The summed E-state index contributed by atoms with van der Waals surface area (Å²) in [4.78, 5) is 32.6. The number of benzene rings is 1. The quantitative estimate of drug-likeness (QED) is 0.397. The highest BCUT2D eigenvalue weighted by Gasteiger charge is 2.13. The number of aliphatic carboxylic acids is 1. The maximum Gasteiger partial charge on any atom is 0.442 e. The second-order valence-corrected chi connectivity index (χ2v) is 9.95. The average molecular weight is 490 g/mol. The number of thiophene rings is 1. The van der Waals surface area contributed by atoms with E-state index in [2.05, 4.69) is 25.0 Å².